The molecule has 3 aromatic heterocycles. The lowest BCUT2D eigenvalue weighted by Crippen LogP contribution is -2.36. The predicted octanol–water partition coefficient (Wildman–Crippen LogP) is 2.25. The summed E-state index contributed by atoms with van der Waals surface area (Å²) in [7, 11) is 4.31. The first kappa shape index (κ1) is 18.5. The van der Waals surface area contributed by atoms with Crippen LogP contribution in [0.4, 0.5) is 5.95 Å². The molecule has 0 aliphatic rings. The third-order valence-electron chi connectivity index (χ3n) is 3.79. The normalized spacial score (nSPS) is 11.0. The van der Waals surface area contributed by atoms with E-state index in [9.17, 15) is 5.21 Å². The molecule has 0 aliphatic carbocycles. The smallest absolute Gasteiger partial charge is 0.427 e. The zero-order valence-corrected chi connectivity index (χ0v) is 17.3. The molecule has 0 aliphatic heterocycles. The Morgan fingerprint density at radius 3 is 2.46 bits per heavy atom. The van der Waals surface area contributed by atoms with Gasteiger partial charge in [0.15, 0.2) is 5.75 Å². The Bertz CT molecular complexity index is 961. The Morgan fingerprint density at radius 2 is 1.85 bits per heavy atom. The maximum Gasteiger partial charge on any atom is 0.427 e. The number of nitrogens with two attached hydrogens (primary N) is 1. The summed E-state index contributed by atoms with van der Waals surface area (Å²) >= 11 is 6.79. The standard InChI is InChI=1S/C15H15Br2N5O4/c1-24-10-9(16)8(22(23)14(26-3)11(10)25-2)6-21-5-4-7-12(17)19-15(18)20-13(7)21/h4-5H,6H2,1-3H3,(H2,18,19,20). The number of halogens is 2. The van der Waals surface area contributed by atoms with Crippen LogP contribution in [0.5, 0.6) is 17.4 Å². The van der Waals surface area contributed by atoms with Gasteiger partial charge in [-0.2, -0.15) is 4.98 Å². The summed E-state index contributed by atoms with van der Waals surface area (Å²) in [4.78, 5) is 8.33. The second-order valence-corrected chi connectivity index (χ2v) is 6.73. The molecule has 3 aromatic rings. The molecule has 0 saturated carbocycles. The molecule has 0 fully saturated rings. The first-order valence-electron chi connectivity index (χ1n) is 7.30. The van der Waals surface area contributed by atoms with Crippen molar-refractivity contribution in [2.24, 2.45) is 0 Å². The van der Waals surface area contributed by atoms with Gasteiger partial charge in [-0.1, -0.05) is 0 Å². The molecule has 3 rings (SSSR count). The number of anilines is 1. The van der Waals surface area contributed by atoms with Gasteiger partial charge in [0.1, 0.15) is 21.3 Å². The number of ether oxygens (including phenoxy) is 3. The van der Waals surface area contributed by atoms with Gasteiger partial charge in [-0.15, -0.1) is 4.73 Å². The van der Waals surface area contributed by atoms with E-state index in [2.05, 4.69) is 41.8 Å². The van der Waals surface area contributed by atoms with Crippen molar-refractivity contribution in [3.63, 3.8) is 0 Å². The van der Waals surface area contributed by atoms with Crippen molar-refractivity contribution in [1.82, 2.24) is 14.5 Å². The Kier molecular flexibility index (Phi) is 5.10. The lowest BCUT2D eigenvalue weighted by atomic mass is 10.3. The molecule has 0 radical (unpaired) electrons. The number of hydrogen-bond acceptors (Lipinski definition) is 7. The maximum absolute atomic E-state index is 12.8. The van der Waals surface area contributed by atoms with E-state index in [0.29, 0.717) is 30.9 Å². The van der Waals surface area contributed by atoms with Gasteiger partial charge in [-0.3, -0.25) is 0 Å². The highest BCUT2D eigenvalue weighted by molar-refractivity contribution is 9.11. The number of nitrogens with zero attached hydrogens (tertiary/aromatic N) is 4. The zero-order chi connectivity index (χ0) is 19.0. The van der Waals surface area contributed by atoms with Crippen LogP contribution in [0, 0.1) is 5.21 Å². The maximum atomic E-state index is 12.8. The topological polar surface area (TPSA) is 111 Å². The van der Waals surface area contributed by atoms with Crippen LogP contribution in [0.25, 0.3) is 11.0 Å². The van der Waals surface area contributed by atoms with Gasteiger partial charge in [0.25, 0.3) is 5.75 Å². The number of nitrogen functional groups attached to an aromatic ring is 1. The molecule has 0 spiro atoms. The monoisotopic (exact) mass is 487 g/mol. The summed E-state index contributed by atoms with van der Waals surface area (Å²) in [5.41, 5.74) is 6.68. The highest BCUT2D eigenvalue weighted by atomic mass is 79.9. The average Bonchev–Trinajstić information content (AvgIpc) is 3.01. The van der Waals surface area contributed by atoms with Gasteiger partial charge in [-0.05, 0) is 37.9 Å². The number of rotatable bonds is 5. The predicted molar refractivity (Wildman–Crippen MR) is 102 cm³/mol. The van der Waals surface area contributed by atoms with Gasteiger partial charge in [0, 0.05) is 6.20 Å². The Labute approximate surface area is 165 Å². The molecule has 0 atom stereocenters. The quantitative estimate of drug-likeness (QED) is 0.333. The molecule has 138 valence electrons. The van der Waals surface area contributed by atoms with E-state index >= 15 is 0 Å². The largest absolute Gasteiger partial charge is 0.616 e. The molecule has 0 amide bonds. The molecule has 2 N–H and O–H groups in total. The van der Waals surface area contributed by atoms with Crippen LogP contribution >= 0.6 is 31.9 Å². The molecule has 0 unspecified atom stereocenters. The van der Waals surface area contributed by atoms with Gasteiger partial charge in [0.05, 0.1) is 26.7 Å². The lowest BCUT2D eigenvalue weighted by molar-refractivity contribution is -0.621. The highest BCUT2D eigenvalue weighted by Crippen LogP contribution is 2.42. The van der Waals surface area contributed by atoms with Crippen molar-refractivity contribution in [2.45, 2.75) is 6.54 Å². The average molecular weight is 489 g/mol. The first-order chi connectivity index (χ1) is 12.4. The number of pyridine rings is 1. The molecule has 11 heteroatoms. The molecular weight excluding hydrogens is 474 g/mol. The Hall–Kier alpha value is -2.27. The minimum Gasteiger partial charge on any atom is -0.616 e. The van der Waals surface area contributed by atoms with E-state index in [1.165, 1.54) is 21.3 Å². The van der Waals surface area contributed by atoms with Crippen LogP contribution in [-0.4, -0.2) is 35.9 Å². The number of methoxy groups -OCH3 is 3. The van der Waals surface area contributed by atoms with E-state index < -0.39 is 0 Å². The highest BCUT2D eigenvalue weighted by Gasteiger charge is 2.30. The van der Waals surface area contributed by atoms with Crippen LogP contribution in [0.15, 0.2) is 21.3 Å². The van der Waals surface area contributed by atoms with Gasteiger partial charge in [-0.25, -0.2) is 4.98 Å². The van der Waals surface area contributed by atoms with Crippen molar-refractivity contribution in [3.8, 4) is 17.4 Å². The molecule has 9 nitrogen and oxygen atoms in total. The molecule has 26 heavy (non-hydrogen) atoms. The third-order valence-corrected chi connectivity index (χ3v) is 5.22. The van der Waals surface area contributed by atoms with Gasteiger partial charge < -0.3 is 29.7 Å². The van der Waals surface area contributed by atoms with Crippen LogP contribution in [-0.2, 0) is 6.54 Å². The molecule has 3 heterocycles. The summed E-state index contributed by atoms with van der Waals surface area (Å²) in [6, 6.07) is 1.83. The summed E-state index contributed by atoms with van der Waals surface area (Å²) in [5.74, 6) is 0.683. The number of aromatic nitrogens is 4. The summed E-state index contributed by atoms with van der Waals surface area (Å²) in [6.07, 6.45) is 1.79. The molecular formula is C15H15Br2N5O4. The van der Waals surface area contributed by atoms with Crippen LogP contribution in [0.3, 0.4) is 0 Å². The van der Waals surface area contributed by atoms with E-state index in [-0.39, 0.29) is 24.1 Å². The van der Waals surface area contributed by atoms with E-state index in [0.717, 1.165) is 5.39 Å². The van der Waals surface area contributed by atoms with E-state index in [1.807, 2.05) is 6.07 Å². The fourth-order valence-corrected chi connectivity index (χ4v) is 3.76. The lowest BCUT2D eigenvalue weighted by Gasteiger charge is -2.16. The minimum atomic E-state index is -0.00525. The summed E-state index contributed by atoms with van der Waals surface area (Å²) in [5, 5.41) is 13.6. The van der Waals surface area contributed by atoms with Crippen LogP contribution in [0.2, 0.25) is 0 Å². The Balaban J connectivity index is 2.20. The van der Waals surface area contributed by atoms with Gasteiger partial charge in [0.2, 0.25) is 11.6 Å². The van der Waals surface area contributed by atoms with E-state index in [1.54, 1.807) is 10.8 Å². The Morgan fingerprint density at radius 1 is 1.15 bits per heavy atom. The van der Waals surface area contributed by atoms with Crippen LogP contribution in [0.1, 0.15) is 5.69 Å². The second kappa shape index (κ2) is 7.16. The first-order valence-corrected chi connectivity index (χ1v) is 8.89. The van der Waals surface area contributed by atoms with Crippen molar-refractivity contribution < 1.29 is 18.9 Å². The summed E-state index contributed by atoms with van der Waals surface area (Å²) in [6.45, 7) is 0.188. The molecule has 0 saturated heterocycles. The molecule has 0 aromatic carbocycles. The van der Waals surface area contributed by atoms with Crippen molar-refractivity contribution in [3.05, 3.63) is 32.2 Å². The van der Waals surface area contributed by atoms with Gasteiger partial charge >= 0.3 is 5.88 Å². The zero-order valence-electron chi connectivity index (χ0n) is 14.1. The van der Waals surface area contributed by atoms with E-state index in [4.69, 9.17) is 19.9 Å². The fraction of sp³-hybridized carbons (Fsp3) is 0.267. The van der Waals surface area contributed by atoms with Crippen LogP contribution < -0.4 is 24.7 Å². The van der Waals surface area contributed by atoms with Crippen molar-refractivity contribution in [2.75, 3.05) is 27.1 Å². The number of hydrogen-bond donors (Lipinski definition) is 1. The third kappa shape index (κ3) is 2.90. The minimum absolute atomic E-state index is 0.00525. The fourth-order valence-electron chi connectivity index (χ4n) is 2.64. The van der Waals surface area contributed by atoms with Crippen molar-refractivity contribution in [1.29, 1.82) is 0 Å². The summed E-state index contributed by atoms with van der Waals surface area (Å²) < 4.78 is 19.3. The molecule has 0 bridgehead atoms. The SMILES string of the molecule is COc1c(Br)c(Cn2ccc3c(Br)nc(N)nc32)[n+]([O-])c(OC)c1OC. The van der Waals surface area contributed by atoms with Crippen molar-refractivity contribution >= 4 is 48.8 Å². The second-order valence-electron chi connectivity index (χ2n) is 5.18. The number of fused-ring (bicyclic) bond motifs is 1.